The van der Waals surface area contributed by atoms with Crippen LogP contribution in [0.5, 0.6) is 0 Å². The lowest BCUT2D eigenvalue weighted by molar-refractivity contribution is 0.0622. The van der Waals surface area contributed by atoms with Gasteiger partial charge in [0.25, 0.3) is 5.91 Å². The molecule has 1 aromatic carbocycles. The van der Waals surface area contributed by atoms with Crippen molar-refractivity contribution in [2.75, 3.05) is 19.6 Å². The third kappa shape index (κ3) is 3.01. The van der Waals surface area contributed by atoms with Gasteiger partial charge in [0.2, 0.25) is 0 Å². The largest absolute Gasteiger partial charge is 0.347 e. The molecule has 2 aromatic rings. The van der Waals surface area contributed by atoms with Gasteiger partial charge in [-0.25, -0.2) is 0 Å². The lowest BCUT2D eigenvalue weighted by Gasteiger charge is -2.44. The predicted octanol–water partition coefficient (Wildman–Crippen LogP) is 3.05. The molecule has 4 heterocycles. The summed E-state index contributed by atoms with van der Waals surface area (Å²) in [6.07, 6.45) is 3.23. The Hall–Kier alpha value is -1.98. The Balaban J connectivity index is 1.48. The number of nitrogens with one attached hydrogen (secondary N) is 1. The van der Waals surface area contributed by atoms with Gasteiger partial charge >= 0.3 is 0 Å². The third-order valence-corrected chi connectivity index (χ3v) is 6.24. The highest BCUT2D eigenvalue weighted by Crippen LogP contribution is 2.30. The van der Waals surface area contributed by atoms with Gasteiger partial charge in [0.15, 0.2) is 0 Å². The molecule has 0 unspecified atom stereocenters. The maximum absolute atomic E-state index is 12.6. The highest BCUT2D eigenvalue weighted by molar-refractivity contribution is 7.17. The topological polar surface area (TPSA) is 49.4 Å². The fraction of sp³-hybridized carbons (Fsp3) is 0.368. The SMILES string of the molecule is O=Cc1cccc(-c2ccc(C(=O)N[C@H]3CN4CCC3CC4)s2)c1. The number of amides is 1. The number of rotatable bonds is 4. The van der Waals surface area contributed by atoms with Crippen LogP contribution in [0.15, 0.2) is 36.4 Å². The molecule has 2 bridgehead atoms. The molecule has 3 saturated heterocycles. The summed E-state index contributed by atoms with van der Waals surface area (Å²) in [6, 6.07) is 11.6. The number of benzene rings is 1. The minimum absolute atomic E-state index is 0.0246. The minimum atomic E-state index is 0.0246. The Morgan fingerprint density at radius 3 is 2.75 bits per heavy atom. The second kappa shape index (κ2) is 6.49. The van der Waals surface area contributed by atoms with Crippen molar-refractivity contribution in [1.82, 2.24) is 10.2 Å². The van der Waals surface area contributed by atoms with Crippen LogP contribution in [-0.4, -0.2) is 42.8 Å². The summed E-state index contributed by atoms with van der Waals surface area (Å²) >= 11 is 1.48. The van der Waals surface area contributed by atoms with E-state index in [1.54, 1.807) is 6.07 Å². The molecule has 4 nitrogen and oxygen atoms in total. The van der Waals surface area contributed by atoms with Crippen LogP contribution >= 0.6 is 11.3 Å². The first-order valence-electron chi connectivity index (χ1n) is 8.41. The van der Waals surface area contributed by atoms with E-state index in [1.165, 1.54) is 37.3 Å². The van der Waals surface area contributed by atoms with Crippen LogP contribution in [0.2, 0.25) is 0 Å². The van der Waals surface area contributed by atoms with E-state index in [0.717, 1.165) is 28.1 Å². The molecule has 1 aromatic heterocycles. The van der Waals surface area contributed by atoms with Gasteiger partial charge in [-0.05, 0) is 55.6 Å². The van der Waals surface area contributed by atoms with Crippen LogP contribution in [0.25, 0.3) is 10.4 Å². The molecule has 0 saturated carbocycles. The molecule has 1 amide bonds. The van der Waals surface area contributed by atoms with Crippen LogP contribution in [0.1, 0.15) is 32.9 Å². The third-order valence-electron chi connectivity index (χ3n) is 5.11. The monoisotopic (exact) mass is 340 g/mol. The van der Waals surface area contributed by atoms with Crippen LogP contribution in [-0.2, 0) is 0 Å². The fourth-order valence-electron chi connectivity index (χ4n) is 3.75. The van der Waals surface area contributed by atoms with Crippen molar-refractivity contribution >= 4 is 23.5 Å². The number of piperidine rings is 3. The highest BCUT2D eigenvalue weighted by atomic mass is 32.1. The van der Waals surface area contributed by atoms with E-state index in [4.69, 9.17) is 0 Å². The van der Waals surface area contributed by atoms with Gasteiger partial charge in [0.05, 0.1) is 4.88 Å². The van der Waals surface area contributed by atoms with Gasteiger partial charge in [-0.1, -0.05) is 18.2 Å². The smallest absolute Gasteiger partial charge is 0.261 e. The van der Waals surface area contributed by atoms with Crippen LogP contribution in [0.3, 0.4) is 0 Å². The fourth-order valence-corrected chi connectivity index (χ4v) is 4.65. The Kier molecular flexibility index (Phi) is 4.21. The zero-order chi connectivity index (χ0) is 16.5. The molecule has 24 heavy (non-hydrogen) atoms. The lowest BCUT2D eigenvalue weighted by Crippen LogP contribution is -2.57. The van der Waals surface area contributed by atoms with E-state index in [9.17, 15) is 9.59 Å². The molecule has 0 aliphatic carbocycles. The van der Waals surface area contributed by atoms with Crippen molar-refractivity contribution in [2.45, 2.75) is 18.9 Å². The minimum Gasteiger partial charge on any atom is -0.347 e. The Morgan fingerprint density at radius 1 is 1.21 bits per heavy atom. The summed E-state index contributed by atoms with van der Waals surface area (Å²) in [7, 11) is 0. The number of carbonyl (C=O) groups is 2. The first-order valence-corrected chi connectivity index (χ1v) is 9.23. The van der Waals surface area contributed by atoms with E-state index in [2.05, 4.69) is 10.2 Å². The second-order valence-corrected chi connectivity index (χ2v) is 7.71. The molecule has 3 aliphatic rings. The standard InChI is InChI=1S/C19H20N2O2S/c22-12-13-2-1-3-15(10-13)17-4-5-18(24-17)19(23)20-16-11-21-8-6-14(16)7-9-21/h1-5,10,12,14,16H,6-9,11H2,(H,20,23)/t16-/m0/s1. The number of thiophene rings is 1. The lowest BCUT2D eigenvalue weighted by atomic mass is 9.84. The number of hydrogen-bond donors (Lipinski definition) is 1. The highest BCUT2D eigenvalue weighted by Gasteiger charge is 2.35. The number of carbonyl (C=O) groups excluding carboxylic acids is 2. The molecular formula is C19H20N2O2S. The van der Waals surface area contributed by atoms with E-state index in [1.807, 2.05) is 30.3 Å². The van der Waals surface area contributed by atoms with Gasteiger partial charge in [-0.15, -0.1) is 11.3 Å². The molecule has 1 N–H and O–H groups in total. The summed E-state index contributed by atoms with van der Waals surface area (Å²) in [5.41, 5.74) is 1.63. The van der Waals surface area contributed by atoms with Crippen molar-refractivity contribution in [3.63, 3.8) is 0 Å². The zero-order valence-electron chi connectivity index (χ0n) is 13.4. The average molecular weight is 340 g/mol. The molecule has 0 spiro atoms. The van der Waals surface area contributed by atoms with E-state index in [-0.39, 0.29) is 11.9 Å². The molecule has 0 radical (unpaired) electrons. The molecule has 3 fully saturated rings. The molecule has 5 rings (SSSR count). The van der Waals surface area contributed by atoms with Crippen molar-refractivity contribution in [3.05, 3.63) is 46.8 Å². The van der Waals surface area contributed by atoms with E-state index < -0.39 is 0 Å². The normalized spacial score (nSPS) is 25.4. The quantitative estimate of drug-likeness (QED) is 0.870. The van der Waals surface area contributed by atoms with Gasteiger partial charge < -0.3 is 10.2 Å². The molecule has 3 aliphatic heterocycles. The summed E-state index contributed by atoms with van der Waals surface area (Å²) in [5.74, 6) is 0.652. The molecular weight excluding hydrogens is 320 g/mol. The predicted molar refractivity (Wildman–Crippen MR) is 95.6 cm³/mol. The van der Waals surface area contributed by atoms with Crippen molar-refractivity contribution in [3.8, 4) is 10.4 Å². The number of aldehydes is 1. The molecule has 1 atom stereocenters. The van der Waals surface area contributed by atoms with Gasteiger partial charge in [0, 0.05) is 23.0 Å². The van der Waals surface area contributed by atoms with Crippen molar-refractivity contribution in [1.29, 1.82) is 0 Å². The Labute approximate surface area is 145 Å². The van der Waals surface area contributed by atoms with Gasteiger partial charge in [0.1, 0.15) is 6.29 Å². The van der Waals surface area contributed by atoms with Crippen LogP contribution in [0, 0.1) is 5.92 Å². The molecule has 124 valence electrons. The summed E-state index contributed by atoms with van der Waals surface area (Å²) < 4.78 is 0. The van der Waals surface area contributed by atoms with Crippen molar-refractivity contribution < 1.29 is 9.59 Å². The maximum Gasteiger partial charge on any atom is 0.261 e. The summed E-state index contributed by atoms with van der Waals surface area (Å²) in [4.78, 5) is 27.7. The first-order chi connectivity index (χ1) is 11.7. The second-order valence-electron chi connectivity index (χ2n) is 6.63. The Morgan fingerprint density at radius 2 is 2.04 bits per heavy atom. The van der Waals surface area contributed by atoms with Crippen molar-refractivity contribution in [2.24, 2.45) is 5.92 Å². The van der Waals surface area contributed by atoms with Crippen LogP contribution < -0.4 is 5.32 Å². The maximum atomic E-state index is 12.6. The summed E-state index contributed by atoms with van der Waals surface area (Å²) in [5, 5.41) is 3.23. The van der Waals surface area contributed by atoms with Gasteiger partial charge in [-0.2, -0.15) is 0 Å². The van der Waals surface area contributed by atoms with E-state index >= 15 is 0 Å². The zero-order valence-corrected chi connectivity index (χ0v) is 14.2. The Bertz CT molecular complexity index is 762. The van der Waals surface area contributed by atoms with Crippen LogP contribution in [0.4, 0.5) is 0 Å². The first kappa shape index (κ1) is 15.5. The summed E-state index contributed by atoms with van der Waals surface area (Å²) in [6.45, 7) is 3.33. The number of nitrogens with zero attached hydrogens (tertiary/aromatic N) is 1. The van der Waals surface area contributed by atoms with Gasteiger partial charge in [-0.3, -0.25) is 9.59 Å². The average Bonchev–Trinajstić information content (AvgIpc) is 3.13. The molecule has 5 heteroatoms. The number of hydrogen-bond acceptors (Lipinski definition) is 4. The van der Waals surface area contributed by atoms with E-state index in [0.29, 0.717) is 11.5 Å². The number of fused-ring (bicyclic) bond motifs is 3.